The molecule has 0 saturated heterocycles. The van der Waals surface area contributed by atoms with Gasteiger partial charge in [0.15, 0.2) is 5.78 Å². The van der Waals surface area contributed by atoms with Crippen molar-refractivity contribution in [3.63, 3.8) is 0 Å². The molecule has 0 aliphatic heterocycles. The molecule has 0 bridgehead atoms. The maximum Gasteiger partial charge on any atom is 0.343 e. The maximum atomic E-state index is 12.5. The van der Waals surface area contributed by atoms with Gasteiger partial charge >= 0.3 is 5.97 Å². The number of hydrogen-bond acceptors (Lipinski definition) is 4. The number of esters is 1. The van der Waals surface area contributed by atoms with E-state index in [1.165, 1.54) is 70.6 Å². The van der Waals surface area contributed by atoms with Gasteiger partial charge in [-0.15, -0.1) is 0 Å². The molecule has 2 rings (SSSR count). The zero-order chi connectivity index (χ0) is 25.8. The number of rotatable bonds is 19. The van der Waals surface area contributed by atoms with Crippen molar-refractivity contribution in [1.82, 2.24) is 0 Å². The maximum absolute atomic E-state index is 12.5. The van der Waals surface area contributed by atoms with E-state index in [1.54, 1.807) is 36.4 Å². The SMILES string of the molecule is CCCCCCCC/C=C\CCCCCCCC(=O)c1ccc(C(=O)Oc2ccc(NC)cc2)cc1. The van der Waals surface area contributed by atoms with Gasteiger partial charge in [0, 0.05) is 24.7 Å². The van der Waals surface area contributed by atoms with Gasteiger partial charge < -0.3 is 10.1 Å². The average molecular weight is 492 g/mol. The summed E-state index contributed by atoms with van der Waals surface area (Å²) in [6, 6.07) is 14.0. The fraction of sp³-hybridized carbons (Fsp3) is 0.500. The molecule has 2 aromatic carbocycles. The van der Waals surface area contributed by atoms with Crippen LogP contribution >= 0.6 is 0 Å². The van der Waals surface area contributed by atoms with Crippen molar-refractivity contribution in [2.45, 2.75) is 96.8 Å². The minimum Gasteiger partial charge on any atom is -0.423 e. The van der Waals surface area contributed by atoms with Gasteiger partial charge in [0.1, 0.15) is 5.75 Å². The number of ketones is 1. The number of carbonyl (C=O) groups excluding carboxylic acids is 2. The van der Waals surface area contributed by atoms with Crippen molar-refractivity contribution in [1.29, 1.82) is 0 Å². The average Bonchev–Trinajstić information content (AvgIpc) is 2.91. The molecule has 0 aromatic heterocycles. The zero-order valence-electron chi connectivity index (χ0n) is 22.4. The first kappa shape index (κ1) is 29.4. The third-order valence-electron chi connectivity index (χ3n) is 6.46. The molecule has 0 aliphatic carbocycles. The summed E-state index contributed by atoms with van der Waals surface area (Å²) in [6.45, 7) is 2.26. The Kier molecular flexibility index (Phi) is 15.0. The van der Waals surface area contributed by atoms with Gasteiger partial charge in [-0.2, -0.15) is 0 Å². The minimum atomic E-state index is -0.427. The Labute approximate surface area is 218 Å². The highest BCUT2D eigenvalue weighted by Gasteiger charge is 2.11. The molecule has 2 aromatic rings. The molecule has 36 heavy (non-hydrogen) atoms. The molecule has 0 aliphatic rings. The van der Waals surface area contributed by atoms with Crippen molar-refractivity contribution in [3.8, 4) is 5.75 Å². The van der Waals surface area contributed by atoms with E-state index < -0.39 is 5.97 Å². The number of unbranched alkanes of at least 4 members (excludes halogenated alkanes) is 11. The molecule has 0 atom stereocenters. The van der Waals surface area contributed by atoms with Crippen LogP contribution in [0.15, 0.2) is 60.7 Å². The zero-order valence-corrected chi connectivity index (χ0v) is 22.4. The lowest BCUT2D eigenvalue weighted by molar-refractivity contribution is 0.0734. The van der Waals surface area contributed by atoms with E-state index in [0.29, 0.717) is 23.3 Å². The first-order valence-electron chi connectivity index (χ1n) is 13.9. The van der Waals surface area contributed by atoms with Crippen LogP contribution < -0.4 is 10.1 Å². The third-order valence-corrected chi connectivity index (χ3v) is 6.46. The van der Waals surface area contributed by atoms with Crippen molar-refractivity contribution >= 4 is 17.4 Å². The van der Waals surface area contributed by atoms with Gasteiger partial charge in [-0.05, 0) is 68.5 Å². The summed E-state index contributed by atoms with van der Waals surface area (Å²) in [5.74, 6) is 0.196. The Morgan fingerprint density at radius 1 is 0.694 bits per heavy atom. The van der Waals surface area contributed by atoms with Crippen molar-refractivity contribution in [3.05, 3.63) is 71.8 Å². The molecule has 1 N–H and O–H groups in total. The van der Waals surface area contributed by atoms with Crippen LogP contribution in [-0.4, -0.2) is 18.8 Å². The van der Waals surface area contributed by atoms with Crippen LogP contribution in [0, 0.1) is 0 Å². The normalized spacial score (nSPS) is 11.1. The highest BCUT2D eigenvalue weighted by atomic mass is 16.5. The van der Waals surface area contributed by atoms with Crippen LogP contribution in [0.4, 0.5) is 5.69 Å². The number of ether oxygens (including phenoxy) is 1. The van der Waals surface area contributed by atoms with Gasteiger partial charge in [-0.25, -0.2) is 4.79 Å². The lowest BCUT2D eigenvalue weighted by Gasteiger charge is -2.06. The Morgan fingerprint density at radius 2 is 1.22 bits per heavy atom. The van der Waals surface area contributed by atoms with E-state index in [9.17, 15) is 9.59 Å². The van der Waals surface area contributed by atoms with Crippen LogP contribution in [0.1, 0.15) is 118 Å². The van der Waals surface area contributed by atoms with E-state index in [1.807, 2.05) is 19.2 Å². The number of benzene rings is 2. The summed E-state index contributed by atoms with van der Waals surface area (Å²) in [5, 5.41) is 3.02. The summed E-state index contributed by atoms with van der Waals surface area (Å²) in [7, 11) is 1.83. The topological polar surface area (TPSA) is 55.4 Å². The number of hydrogen-bond donors (Lipinski definition) is 1. The van der Waals surface area contributed by atoms with Crippen molar-refractivity contribution in [2.75, 3.05) is 12.4 Å². The minimum absolute atomic E-state index is 0.134. The van der Waals surface area contributed by atoms with Crippen LogP contribution in [0.3, 0.4) is 0 Å². The summed E-state index contributed by atoms with van der Waals surface area (Å²) in [4.78, 5) is 24.8. The highest BCUT2D eigenvalue weighted by molar-refractivity contribution is 5.97. The Bertz CT molecular complexity index is 900. The number of nitrogens with one attached hydrogen (secondary N) is 1. The quantitative estimate of drug-likeness (QED) is 0.0699. The van der Waals surface area contributed by atoms with E-state index in [4.69, 9.17) is 4.74 Å². The van der Waals surface area contributed by atoms with E-state index >= 15 is 0 Å². The molecular formula is C32H45NO3. The Balaban J connectivity index is 1.53. The van der Waals surface area contributed by atoms with Crippen LogP contribution in [-0.2, 0) is 0 Å². The van der Waals surface area contributed by atoms with Crippen LogP contribution in [0.5, 0.6) is 5.75 Å². The fourth-order valence-corrected chi connectivity index (χ4v) is 4.15. The number of allylic oxidation sites excluding steroid dienone is 2. The number of carbonyl (C=O) groups is 2. The van der Waals surface area contributed by atoms with Gasteiger partial charge in [-0.3, -0.25) is 4.79 Å². The summed E-state index contributed by atoms with van der Waals surface area (Å²) < 4.78 is 5.40. The Morgan fingerprint density at radius 3 is 1.81 bits per heavy atom. The lowest BCUT2D eigenvalue weighted by Crippen LogP contribution is -2.09. The predicted molar refractivity (Wildman–Crippen MR) is 151 cm³/mol. The number of anilines is 1. The summed E-state index contributed by atoms with van der Waals surface area (Å²) in [6.07, 6.45) is 21.5. The van der Waals surface area contributed by atoms with Crippen molar-refractivity contribution in [2.24, 2.45) is 0 Å². The van der Waals surface area contributed by atoms with Crippen LogP contribution in [0.25, 0.3) is 0 Å². The fourth-order valence-electron chi connectivity index (χ4n) is 4.15. The molecular weight excluding hydrogens is 446 g/mol. The highest BCUT2D eigenvalue weighted by Crippen LogP contribution is 2.18. The van der Waals surface area contributed by atoms with Gasteiger partial charge in [0.2, 0.25) is 0 Å². The smallest absolute Gasteiger partial charge is 0.343 e. The largest absolute Gasteiger partial charge is 0.423 e. The van der Waals surface area contributed by atoms with Crippen molar-refractivity contribution < 1.29 is 14.3 Å². The van der Waals surface area contributed by atoms with Gasteiger partial charge in [-0.1, -0.05) is 82.6 Å². The molecule has 0 saturated carbocycles. The standard InChI is InChI=1S/C32H45NO3/c1-3-4-5-6-7-8-9-10-11-12-13-14-15-16-17-18-31(34)27-19-21-28(22-20-27)32(35)36-30-25-23-29(33-2)24-26-30/h10-11,19-26,33H,3-9,12-18H2,1-2H3/b11-10-. The lowest BCUT2D eigenvalue weighted by atomic mass is 10.0. The Hall–Kier alpha value is -2.88. The van der Waals surface area contributed by atoms with E-state index in [-0.39, 0.29) is 5.78 Å². The molecule has 0 amide bonds. The monoisotopic (exact) mass is 491 g/mol. The van der Waals surface area contributed by atoms with Gasteiger partial charge in [0.25, 0.3) is 0 Å². The van der Waals surface area contributed by atoms with E-state index in [2.05, 4.69) is 24.4 Å². The third kappa shape index (κ3) is 12.2. The van der Waals surface area contributed by atoms with E-state index in [0.717, 1.165) is 18.5 Å². The molecule has 196 valence electrons. The summed E-state index contributed by atoms with van der Waals surface area (Å²) >= 11 is 0. The molecule has 0 radical (unpaired) electrons. The molecule has 0 unspecified atom stereocenters. The summed E-state index contributed by atoms with van der Waals surface area (Å²) in [5.41, 5.74) is 2.04. The second kappa shape index (κ2) is 18.4. The predicted octanol–water partition coefficient (Wildman–Crippen LogP) is 9.17. The molecule has 0 heterocycles. The number of Topliss-reactive ketones (excluding diaryl/α,β-unsaturated/α-hetero) is 1. The second-order valence-corrected chi connectivity index (χ2v) is 9.50. The molecule has 0 spiro atoms. The molecule has 4 nitrogen and oxygen atoms in total. The first-order chi connectivity index (χ1) is 17.6. The first-order valence-corrected chi connectivity index (χ1v) is 13.9. The molecule has 0 fully saturated rings. The van der Waals surface area contributed by atoms with Crippen LogP contribution in [0.2, 0.25) is 0 Å². The molecule has 4 heteroatoms. The second-order valence-electron chi connectivity index (χ2n) is 9.50. The van der Waals surface area contributed by atoms with Gasteiger partial charge in [0.05, 0.1) is 5.56 Å².